The number of hydrogen-bond acceptors (Lipinski definition) is 2. The summed E-state index contributed by atoms with van der Waals surface area (Å²) < 4.78 is 0. The number of unbranched alkanes of at least 4 members (excludes halogenated alkanes) is 6. The molecule has 0 aromatic heterocycles. The van der Waals surface area contributed by atoms with Crippen molar-refractivity contribution in [3.8, 4) is 0 Å². The third-order valence-corrected chi connectivity index (χ3v) is 4.03. The first-order chi connectivity index (χ1) is 8.09. The van der Waals surface area contributed by atoms with Crippen molar-refractivity contribution in [3.63, 3.8) is 0 Å². The first kappa shape index (κ1) is 14.7. The Bertz CT molecular complexity index is 231. The van der Waals surface area contributed by atoms with E-state index in [9.17, 15) is 4.79 Å². The van der Waals surface area contributed by atoms with Crippen LogP contribution in [0.1, 0.15) is 78.1 Å². The molecule has 0 bridgehead atoms. The molecule has 1 saturated carbocycles. The smallest absolute Gasteiger partial charge is 0.152 e. The van der Waals surface area contributed by atoms with Gasteiger partial charge in [0.2, 0.25) is 0 Å². The van der Waals surface area contributed by atoms with E-state index in [0.29, 0.717) is 12.3 Å². The second-order valence-electron chi connectivity index (χ2n) is 5.85. The molecular formula is C15H29NO. The van der Waals surface area contributed by atoms with Crippen LogP contribution in [-0.4, -0.2) is 11.3 Å². The Morgan fingerprint density at radius 3 is 2.18 bits per heavy atom. The molecule has 0 aromatic carbocycles. The number of carbonyl (C=O) groups excluding carboxylic acids is 1. The average molecular weight is 239 g/mol. The lowest BCUT2D eigenvalue weighted by molar-refractivity contribution is -0.124. The van der Waals surface area contributed by atoms with E-state index in [2.05, 4.69) is 6.92 Å². The van der Waals surface area contributed by atoms with Crippen LogP contribution in [0.15, 0.2) is 0 Å². The van der Waals surface area contributed by atoms with Gasteiger partial charge in [-0.25, -0.2) is 0 Å². The predicted molar refractivity (Wildman–Crippen MR) is 72.9 cm³/mol. The fourth-order valence-corrected chi connectivity index (χ4v) is 2.42. The minimum atomic E-state index is -0.526. The number of nitrogens with two attached hydrogens (primary N) is 1. The lowest BCUT2D eigenvalue weighted by Crippen LogP contribution is -2.46. The van der Waals surface area contributed by atoms with E-state index >= 15 is 0 Å². The monoisotopic (exact) mass is 239 g/mol. The van der Waals surface area contributed by atoms with Gasteiger partial charge in [-0.2, -0.15) is 0 Å². The molecule has 1 atom stereocenters. The fraction of sp³-hybridized carbons (Fsp3) is 0.933. The maximum Gasteiger partial charge on any atom is 0.152 e. The van der Waals surface area contributed by atoms with Crippen LogP contribution in [-0.2, 0) is 4.79 Å². The van der Waals surface area contributed by atoms with Gasteiger partial charge in [0.05, 0.1) is 5.54 Å². The highest BCUT2D eigenvalue weighted by atomic mass is 16.1. The molecule has 1 unspecified atom stereocenters. The molecule has 1 aliphatic carbocycles. The molecule has 2 heteroatoms. The van der Waals surface area contributed by atoms with Crippen molar-refractivity contribution < 1.29 is 4.79 Å². The van der Waals surface area contributed by atoms with Crippen molar-refractivity contribution in [1.29, 1.82) is 0 Å². The molecule has 0 spiro atoms. The van der Waals surface area contributed by atoms with Crippen LogP contribution in [0.3, 0.4) is 0 Å². The highest BCUT2D eigenvalue weighted by Crippen LogP contribution is 2.39. The Labute approximate surface area is 106 Å². The number of ketones is 1. The second kappa shape index (κ2) is 7.15. The minimum absolute atomic E-state index is 0.286. The van der Waals surface area contributed by atoms with Crippen molar-refractivity contribution in [1.82, 2.24) is 0 Å². The van der Waals surface area contributed by atoms with Gasteiger partial charge in [0.25, 0.3) is 0 Å². The SMILES string of the molecule is CCCCCCCCCC(=O)C(C)(N)C1CC1. The molecular weight excluding hydrogens is 210 g/mol. The fourth-order valence-electron chi connectivity index (χ4n) is 2.42. The Morgan fingerprint density at radius 2 is 1.65 bits per heavy atom. The van der Waals surface area contributed by atoms with Crippen LogP contribution in [0.5, 0.6) is 0 Å². The standard InChI is InChI=1S/C15H29NO/c1-3-4-5-6-7-8-9-10-14(17)15(2,16)13-11-12-13/h13H,3-12,16H2,1-2H3. The minimum Gasteiger partial charge on any atom is -0.319 e. The third-order valence-electron chi connectivity index (χ3n) is 4.03. The first-order valence-electron chi connectivity index (χ1n) is 7.41. The van der Waals surface area contributed by atoms with Crippen molar-refractivity contribution in [2.24, 2.45) is 11.7 Å². The molecule has 0 aromatic rings. The van der Waals surface area contributed by atoms with Crippen LogP contribution >= 0.6 is 0 Å². The molecule has 0 amide bonds. The van der Waals surface area contributed by atoms with Crippen LogP contribution in [0.25, 0.3) is 0 Å². The maximum atomic E-state index is 12.0. The zero-order valence-corrected chi connectivity index (χ0v) is 11.6. The number of carbonyl (C=O) groups is 1. The summed E-state index contributed by atoms with van der Waals surface area (Å²) in [6, 6.07) is 0. The van der Waals surface area contributed by atoms with Gasteiger partial charge >= 0.3 is 0 Å². The summed E-state index contributed by atoms with van der Waals surface area (Å²) in [6.45, 7) is 4.16. The Kier molecular flexibility index (Phi) is 6.18. The van der Waals surface area contributed by atoms with E-state index in [0.717, 1.165) is 19.3 Å². The Balaban J connectivity index is 2.00. The topological polar surface area (TPSA) is 43.1 Å². The molecule has 2 N–H and O–H groups in total. The lowest BCUT2D eigenvalue weighted by Gasteiger charge is -2.22. The zero-order valence-electron chi connectivity index (χ0n) is 11.6. The van der Waals surface area contributed by atoms with Crippen LogP contribution in [0.4, 0.5) is 0 Å². The van der Waals surface area contributed by atoms with Crippen molar-refractivity contribution >= 4 is 5.78 Å². The van der Waals surface area contributed by atoms with Gasteiger partial charge in [-0.1, -0.05) is 45.4 Å². The average Bonchev–Trinajstić information content (AvgIpc) is 3.11. The van der Waals surface area contributed by atoms with E-state index in [-0.39, 0.29) is 5.78 Å². The highest BCUT2D eigenvalue weighted by molar-refractivity contribution is 5.88. The van der Waals surface area contributed by atoms with Gasteiger partial charge in [0.15, 0.2) is 5.78 Å². The van der Waals surface area contributed by atoms with Crippen molar-refractivity contribution in [3.05, 3.63) is 0 Å². The first-order valence-corrected chi connectivity index (χ1v) is 7.41. The van der Waals surface area contributed by atoms with Gasteiger partial charge in [0, 0.05) is 6.42 Å². The van der Waals surface area contributed by atoms with Gasteiger partial charge < -0.3 is 5.73 Å². The van der Waals surface area contributed by atoms with E-state index in [1.165, 1.54) is 38.5 Å². The van der Waals surface area contributed by atoms with Crippen molar-refractivity contribution in [2.75, 3.05) is 0 Å². The summed E-state index contributed by atoms with van der Waals surface area (Å²) in [7, 11) is 0. The Morgan fingerprint density at radius 1 is 1.12 bits per heavy atom. The van der Waals surface area contributed by atoms with Crippen LogP contribution < -0.4 is 5.73 Å². The van der Waals surface area contributed by atoms with Gasteiger partial charge in [-0.05, 0) is 32.1 Å². The molecule has 100 valence electrons. The lowest BCUT2D eigenvalue weighted by atomic mass is 9.88. The zero-order chi connectivity index (χ0) is 12.7. The van der Waals surface area contributed by atoms with Gasteiger partial charge in [-0.3, -0.25) is 4.79 Å². The molecule has 0 aliphatic heterocycles. The predicted octanol–water partition coefficient (Wildman–Crippen LogP) is 3.82. The molecule has 17 heavy (non-hydrogen) atoms. The Hall–Kier alpha value is -0.370. The maximum absolute atomic E-state index is 12.0. The highest BCUT2D eigenvalue weighted by Gasteiger charge is 2.42. The summed E-state index contributed by atoms with van der Waals surface area (Å²) in [5.41, 5.74) is 5.57. The molecule has 1 fully saturated rings. The van der Waals surface area contributed by atoms with Crippen LogP contribution in [0, 0.1) is 5.92 Å². The number of hydrogen-bond donors (Lipinski definition) is 1. The molecule has 1 rings (SSSR count). The quantitative estimate of drug-likeness (QED) is 0.589. The molecule has 0 saturated heterocycles. The van der Waals surface area contributed by atoms with E-state index < -0.39 is 5.54 Å². The molecule has 0 heterocycles. The molecule has 2 nitrogen and oxygen atoms in total. The summed E-state index contributed by atoms with van der Waals surface area (Å²) in [6.07, 6.45) is 11.8. The van der Waals surface area contributed by atoms with E-state index in [1.807, 2.05) is 6.92 Å². The summed E-state index contributed by atoms with van der Waals surface area (Å²) in [4.78, 5) is 12.0. The van der Waals surface area contributed by atoms with E-state index in [1.54, 1.807) is 0 Å². The van der Waals surface area contributed by atoms with Crippen LogP contribution in [0.2, 0.25) is 0 Å². The van der Waals surface area contributed by atoms with Crippen molar-refractivity contribution in [2.45, 2.75) is 83.6 Å². The van der Waals surface area contributed by atoms with Gasteiger partial charge in [0.1, 0.15) is 0 Å². The number of rotatable bonds is 10. The number of Topliss-reactive ketones (excluding diaryl/α,β-unsaturated/α-hetero) is 1. The normalized spacial score (nSPS) is 19.0. The largest absolute Gasteiger partial charge is 0.319 e. The van der Waals surface area contributed by atoms with Gasteiger partial charge in [-0.15, -0.1) is 0 Å². The van der Waals surface area contributed by atoms with E-state index in [4.69, 9.17) is 5.73 Å². The third kappa shape index (κ3) is 5.20. The molecule has 0 radical (unpaired) electrons. The summed E-state index contributed by atoms with van der Waals surface area (Å²) in [5.74, 6) is 0.758. The molecule has 1 aliphatic rings. The summed E-state index contributed by atoms with van der Waals surface area (Å²) >= 11 is 0. The summed E-state index contributed by atoms with van der Waals surface area (Å²) in [5, 5.41) is 0. The second-order valence-corrected chi connectivity index (χ2v) is 5.85.